The molecular weight excluding hydrogens is 302 g/mol. The molecular formula is C17H18ClNOS. The Morgan fingerprint density at radius 1 is 1.14 bits per heavy atom. The Labute approximate surface area is 132 Å². The minimum atomic E-state index is -1.14. The van der Waals surface area contributed by atoms with E-state index in [2.05, 4.69) is 12.1 Å². The lowest BCUT2D eigenvalue weighted by atomic mass is 10.00. The first kappa shape index (κ1) is 14.8. The van der Waals surface area contributed by atoms with Crippen molar-refractivity contribution in [2.75, 3.05) is 0 Å². The average Bonchev–Trinajstić information content (AvgIpc) is 2.66. The number of aryl methyl sites for hydroxylation is 1. The molecule has 1 aliphatic carbocycles. The number of benzene rings is 2. The lowest BCUT2D eigenvalue weighted by Gasteiger charge is -2.22. The predicted molar refractivity (Wildman–Crippen MR) is 88.0 cm³/mol. The van der Waals surface area contributed by atoms with Gasteiger partial charge >= 0.3 is 0 Å². The first-order valence-electron chi connectivity index (χ1n) is 7.16. The molecule has 0 fully saturated rings. The first-order valence-corrected chi connectivity index (χ1v) is 8.75. The van der Waals surface area contributed by atoms with Crippen LogP contribution in [0.1, 0.15) is 30.0 Å². The van der Waals surface area contributed by atoms with Crippen molar-refractivity contribution in [2.45, 2.75) is 35.4 Å². The molecule has 110 valence electrons. The highest BCUT2D eigenvalue weighted by Crippen LogP contribution is 2.32. The minimum Gasteiger partial charge on any atom is -0.323 e. The van der Waals surface area contributed by atoms with E-state index in [9.17, 15) is 4.21 Å². The quantitative estimate of drug-likeness (QED) is 0.854. The van der Waals surface area contributed by atoms with Gasteiger partial charge in [-0.1, -0.05) is 41.9 Å². The lowest BCUT2D eigenvalue weighted by molar-refractivity contribution is 0.597. The van der Waals surface area contributed by atoms with Crippen LogP contribution >= 0.6 is 11.6 Å². The van der Waals surface area contributed by atoms with Gasteiger partial charge in [0, 0.05) is 16.0 Å². The van der Waals surface area contributed by atoms with E-state index >= 15 is 0 Å². The van der Waals surface area contributed by atoms with Crippen molar-refractivity contribution in [3.8, 4) is 0 Å². The van der Waals surface area contributed by atoms with E-state index in [4.69, 9.17) is 17.3 Å². The maximum atomic E-state index is 12.9. The highest BCUT2D eigenvalue weighted by atomic mass is 35.5. The normalized spacial score (nSPS) is 23.1. The Morgan fingerprint density at radius 2 is 1.95 bits per heavy atom. The van der Waals surface area contributed by atoms with Gasteiger partial charge in [0.1, 0.15) is 0 Å². The summed E-state index contributed by atoms with van der Waals surface area (Å²) in [5, 5.41) is 0.551. The fourth-order valence-electron chi connectivity index (χ4n) is 2.97. The van der Waals surface area contributed by atoms with Gasteiger partial charge in [0.25, 0.3) is 0 Å². The lowest BCUT2D eigenvalue weighted by Crippen LogP contribution is -2.29. The zero-order chi connectivity index (χ0) is 14.8. The largest absolute Gasteiger partial charge is 0.323 e. The van der Waals surface area contributed by atoms with Crippen molar-refractivity contribution in [3.63, 3.8) is 0 Å². The highest BCUT2D eigenvalue weighted by molar-refractivity contribution is 7.85. The number of nitrogens with two attached hydrogens (primary N) is 1. The number of rotatable bonds is 2. The first-order chi connectivity index (χ1) is 10.2. The molecule has 0 bridgehead atoms. The van der Waals surface area contributed by atoms with Gasteiger partial charge in [0.2, 0.25) is 0 Å². The third-order valence-corrected chi connectivity index (χ3v) is 6.09. The molecule has 0 amide bonds. The molecule has 0 saturated carbocycles. The molecule has 0 radical (unpaired) electrons. The molecule has 0 spiro atoms. The van der Waals surface area contributed by atoms with Crippen molar-refractivity contribution < 1.29 is 4.21 Å². The van der Waals surface area contributed by atoms with E-state index in [1.165, 1.54) is 5.56 Å². The van der Waals surface area contributed by atoms with Crippen molar-refractivity contribution in [2.24, 2.45) is 5.73 Å². The van der Waals surface area contributed by atoms with Crippen LogP contribution in [0.15, 0.2) is 53.4 Å². The van der Waals surface area contributed by atoms with Crippen LogP contribution in [-0.2, 0) is 17.2 Å². The van der Waals surface area contributed by atoms with E-state index in [1.54, 1.807) is 12.1 Å². The second-order valence-electron chi connectivity index (χ2n) is 5.41. The van der Waals surface area contributed by atoms with Gasteiger partial charge in [-0.25, -0.2) is 0 Å². The molecule has 0 saturated heterocycles. The van der Waals surface area contributed by atoms with Crippen molar-refractivity contribution in [3.05, 3.63) is 64.7 Å². The Hall–Kier alpha value is -1.16. The summed E-state index contributed by atoms with van der Waals surface area (Å²) < 4.78 is 12.9. The van der Waals surface area contributed by atoms with Crippen LogP contribution in [0.2, 0.25) is 5.02 Å². The third kappa shape index (κ3) is 3.05. The Bertz CT molecular complexity index is 673. The van der Waals surface area contributed by atoms with Gasteiger partial charge in [-0.3, -0.25) is 4.21 Å². The Morgan fingerprint density at radius 3 is 2.76 bits per heavy atom. The van der Waals surface area contributed by atoms with Crippen LogP contribution in [0.3, 0.4) is 0 Å². The van der Waals surface area contributed by atoms with Crippen LogP contribution in [0.4, 0.5) is 0 Å². The van der Waals surface area contributed by atoms with E-state index in [1.807, 2.05) is 24.3 Å². The topological polar surface area (TPSA) is 43.1 Å². The van der Waals surface area contributed by atoms with Crippen LogP contribution in [-0.4, -0.2) is 9.46 Å². The summed E-state index contributed by atoms with van der Waals surface area (Å²) in [6, 6.07) is 15.3. The maximum absolute atomic E-state index is 12.9. The molecule has 2 nitrogen and oxygen atoms in total. The SMILES string of the molecule is NC1c2ccccc2CCCC1S(=O)c1cccc(Cl)c1. The van der Waals surface area contributed by atoms with Crippen LogP contribution in [0.25, 0.3) is 0 Å². The summed E-state index contributed by atoms with van der Waals surface area (Å²) in [6.07, 6.45) is 2.89. The van der Waals surface area contributed by atoms with E-state index in [0.717, 1.165) is 29.7 Å². The van der Waals surface area contributed by atoms with Gasteiger partial charge in [0.05, 0.1) is 16.0 Å². The molecule has 3 unspecified atom stereocenters. The maximum Gasteiger partial charge on any atom is 0.0587 e. The van der Waals surface area contributed by atoms with Gasteiger partial charge in [-0.2, -0.15) is 0 Å². The molecule has 3 rings (SSSR count). The smallest absolute Gasteiger partial charge is 0.0587 e. The number of halogens is 1. The molecule has 21 heavy (non-hydrogen) atoms. The Balaban J connectivity index is 1.94. The van der Waals surface area contributed by atoms with Gasteiger partial charge in [0.15, 0.2) is 0 Å². The minimum absolute atomic E-state index is 0.0629. The summed E-state index contributed by atoms with van der Waals surface area (Å²) in [6.45, 7) is 0. The molecule has 0 heterocycles. The van der Waals surface area contributed by atoms with Crippen LogP contribution < -0.4 is 5.73 Å². The fraction of sp³-hybridized carbons (Fsp3) is 0.294. The summed E-state index contributed by atoms with van der Waals surface area (Å²) in [5.41, 5.74) is 8.86. The van der Waals surface area contributed by atoms with Crippen molar-refractivity contribution in [1.29, 1.82) is 0 Å². The fourth-order valence-corrected chi connectivity index (χ4v) is 4.82. The van der Waals surface area contributed by atoms with E-state index in [-0.39, 0.29) is 11.3 Å². The molecule has 3 atom stereocenters. The standard InChI is InChI=1S/C17H18ClNOS/c18-13-7-4-8-14(11-13)21(20)16-10-3-6-12-5-1-2-9-15(12)17(16)19/h1-2,4-5,7-9,11,16-17H,3,6,10,19H2. The molecule has 1 aliphatic rings. The van der Waals surface area contributed by atoms with Gasteiger partial charge in [-0.15, -0.1) is 0 Å². The van der Waals surface area contributed by atoms with E-state index in [0.29, 0.717) is 5.02 Å². The number of hydrogen-bond acceptors (Lipinski definition) is 2. The zero-order valence-corrected chi connectivity index (χ0v) is 13.2. The Kier molecular flexibility index (Phi) is 4.43. The zero-order valence-electron chi connectivity index (χ0n) is 11.7. The second-order valence-corrected chi connectivity index (χ2v) is 7.52. The monoisotopic (exact) mass is 319 g/mol. The summed E-state index contributed by atoms with van der Waals surface area (Å²) in [5.74, 6) is 0. The van der Waals surface area contributed by atoms with Gasteiger partial charge in [-0.05, 0) is 48.6 Å². The third-order valence-electron chi connectivity index (χ3n) is 4.05. The number of hydrogen-bond donors (Lipinski definition) is 1. The molecule has 2 aromatic carbocycles. The molecule has 2 N–H and O–H groups in total. The molecule has 0 aliphatic heterocycles. The second kappa shape index (κ2) is 6.30. The summed E-state index contributed by atoms with van der Waals surface area (Å²) in [4.78, 5) is 0.766. The summed E-state index contributed by atoms with van der Waals surface area (Å²) >= 11 is 6.01. The highest BCUT2D eigenvalue weighted by Gasteiger charge is 2.30. The predicted octanol–water partition coefficient (Wildman–Crippen LogP) is 3.85. The average molecular weight is 320 g/mol. The molecule has 4 heteroatoms. The summed E-state index contributed by atoms with van der Waals surface area (Å²) in [7, 11) is -1.14. The van der Waals surface area contributed by atoms with Gasteiger partial charge < -0.3 is 5.73 Å². The van der Waals surface area contributed by atoms with E-state index < -0.39 is 10.8 Å². The molecule has 0 aromatic heterocycles. The van der Waals surface area contributed by atoms with Crippen LogP contribution in [0.5, 0.6) is 0 Å². The number of fused-ring (bicyclic) bond motifs is 1. The van der Waals surface area contributed by atoms with Crippen LogP contribution in [0, 0.1) is 0 Å². The molecule has 2 aromatic rings. The van der Waals surface area contributed by atoms with Crippen molar-refractivity contribution in [1.82, 2.24) is 0 Å². The van der Waals surface area contributed by atoms with Crippen molar-refractivity contribution >= 4 is 22.4 Å².